The van der Waals surface area contributed by atoms with Gasteiger partial charge in [0.2, 0.25) is 0 Å². The van der Waals surface area contributed by atoms with Crippen molar-refractivity contribution in [1.29, 1.82) is 0 Å². The summed E-state index contributed by atoms with van der Waals surface area (Å²) in [6, 6.07) is 24.9. The minimum Gasteiger partial charge on any atom is -0.465 e. The highest BCUT2D eigenvalue weighted by atomic mass is 16.7. The van der Waals surface area contributed by atoms with E-state index >= 15 is 0 Å². The number of benzene rings is 3. The summed E-state index contributed by atoms with van der Waals surface area (Å²) in [5.41, 5.74) is 3.35. The van der Waals surface area contributed by atoms with Gasteiger partial charge < -0.3 is 14.0 Å². The van der Waals surface area contributed by atoms with E-state index in [9.17, 15) is 0 Å². The van der Waals surface area contributed by atoms with Gasteiger partial charge in [-0.25, -0.2) is 0 Å². The Morgan fingerprint density at radius 1 is 0.739 bits per heavy atom. The lowest BCUT2D eigenvalue weighted by Gasteiger charge is -2.13. The predicted octanol–water partition coefficient (Wildman–Crippen LogP) is 4.77. The highest BCUT2D eigenvalue weighted by Crippen LogP contribution is 2.34. The van der Waals surface area contributed by atoms with E-state index in [1.54, 1.807) is 7.11 Å². The SMILES string of the molecule is COCOc1ccccc1-n1c2ccccc2c2ccccc21. The Labute approximate surface area is 134 Å². The molecule has 3 nitrogen and oxygen atoms in total. The van der Waals surface area contributed by atoms with E-state index in [1.165, 1.54) is 21.8 Å². The first-order valence-electron chi connectivity index (χ1n) is 7.59. The van der Waals surface area contributed by atoms with Crippen molar-refractivity contribution in [2.45, 2.75) is 0 Å². The summed E-state index contributed by atoms with van der Waals surface area (Å²) in [7, 11) is 1.63. The molecular formula is C20H17NO2. The molecule has 23 heavy (non-hydrogen) atoms. The van der Waals surface area contributed by atoms with Crippen molar-refractivity contribution in [1.82, 2.24) is 4.57 Å². The topological polar surface area (TPSA) is 23.4 Å². The maximum Gasteiger partial charge on any atom is 0.188 e. The van der Waals surface area contributed by atoms with Crippen LogP contribution in [0.1, 0.15) is 0 Å². The summed E-state index contributed by atoms with van der Waals surface area (Å²) >= 11 is 0. The molecule has 1 aromatic heterocycles. The van der Waals surface area contributed by atoms with E-state index in [0.717, 1.165) is 11.4 Å². The molecule has 4 aromatic rings. The number of rotatable bonds is 4. The first-order chi connectivity index (χ1) is 11.4. The average Bonchev–Trinajstić information content (AvgIpc) is 2.95. The Balaban J connectivity index is 2.05. The van der Waals surface area contributed by atoms with Crippen molar-refractivity contribution in [3.8, 4) is 11.4 Å². The summed E-state index contributed by atoms with van der Waals surface area (Å²) in [5, 5.41) is 2.48. The minimum atomic E-state index is 0.230. The van der Waals surface area contributed by atoms with E-state index < -0.39 is 0 Å². The number of ether oxygens (including phenoxy) is 2. The lowest BCUT2D eigenvalue weighted by molar-refractivity contribution is 0.0511. The second kappa shape index (κ2) is 5.78. The van der Waals surface area contributed by atoms with E-state index in [-0.39, 0.29) is 6.79 Å². The fourth-order valence-electron chi connectivity index (χ4n) is 3.07. The Hall–Kier alpha value is -2.78. The van der Waals surface area contributed by atoms with Crippen LogP contribution in [0.2, 0.25) is 0 Å². The number of aromatic nitrogens is 1. The molecule has 0 spiro atoms. The number of hydrogen-bond donors (Lipinski definition) is 0. The first-order valence-corrected chi connectivity index (χ1v) is 7.59. The molecule has 0 aliphatic rings. The number of methoxy groups -OCH3 is 1. The van der Waals surface area contributed by atoms with Crippen LogP contribution in [0.15, 0.2) is 72.8 Å². The van der Waals surface area contributed by atoms with Crippen LogP contribution in [0.25, 0.3) is 27.5 Å². The standard InChI is InChI=1S/C20H17NO2/c1-22-14-23-20-13-7-6-12-19(20)21-17-10-4-2-8-15(17)16-9-3-5-11-18(16)21/h2-13H,14H2,1H3. The van der Waals surface area contributed by atoms with Crippen LogP contribution in [0.5, 0.6) is 5.75 Å². The second-order valence-corrected chi connectivity index (χ2v) is 5.39. The third kappa shape index (κ3) is 2.26. The normalized spacial score (nSPS) is 11.2. The maximum absolute atomic E-state index is 5.76. The molecular weight excluding hydrogens is 286 g/mol. The van der Waals surface area contributed by atoms with Crippen LogP contribution in [0, 0.1) is 0 Å². The number of fused-ring (bicyclic) bond motifs is 3. The number of para-hydroxylation sites is 4. The lowest BCUT2D eigenvalue weighted by atomic mass is 10.2. The molecule has 0 atom stereocenters. The molecule has 0 N–H and O–H groups in total. The molecule has 0 saturated carbocycles. The molecule has 3 heteroatoms. The molecule has 1 heterocycles. The molecule has 3 aromatic carbocycles. The van der Waals surface area contributed by atoms with Gasteiger partial charge in [-0.15, -0.1) is 0 Å². The molecule has 0 radical (unpaired) electrons. The average molecular weight is 303 g/mol. The molecule has 0 amide bonds. The third-order valence-electron chi connectivity index (χ3n) is 4.02. The molecule has 0 saturated heterocycles. The zero-order valence-electron chi connectivity index (χ0n) is 12.9. The minimum absolute atomic E-state index is 0.230. The van der Waals surface area contributed by atoms with Gasteiger partial charge in [0.05, 0.1) is 16.7 Å². The van der Waals surface area contributed by atoms with Crippen LogP contribution >= 0.6 is 0 Å². The highest BCUT2D eigenvalue weighted by molar-refractivity contribution is 6.09. The molecule has 4 rings (SSSR count). The maximum atomic E-state index is 5.76. The largest absolute Gasteiger partial charge is 0.465 e. The van der Waals surface area contributed by atoms with Crippen LogP contribution in [0.3, 0.4) is 0 Å². The van der Waals surface area contributed by atoms with Gasteiger partial charge >= 0.3 is 0 Å². The molecule has 0 aliphatic carbocycles. The van der Waals surface area contributed by atoms with Gasteiger partial charge in [0.1, 0.15) is 5.75 Å². The van der Waals surface area contributed by atoms with Crippen molar-refractivity contribution < 1.29 is 9.47 Å². The van der Waals surface area contributed by atoms with Gasteiger partial charge in [-0.1, -0.05) is 48.5 Å². The van der Waals surface area contributed by atoms with E-state index in [2.05, 4.69) is 59.2 Å². The summed E-state index contributed by atoms with van der Waals surface area (Å²) in [5.74, 6) is 0.806. The van der Waals surface area contributed by atoms with Crippen molar-refractivity contribution >= 4 is 21.8 Å². The highest BCUT2D eigenvalue weighted by Gasteiger charge is 2.14. The zero-order valence-corrected chi connectivity index (χ0v) is 12.9. The molecule has 0 bridgehead atoms. The number of nitrogens with zero attached hydrogens (tertiary/aromatic N) is 1. The Kier molecular flexibility index (Phi) is 3.48. The van der Waals surface area contributed by atoms with Crippen molar-refractivity contribution in [2.24, 2.45) is 0 Å². The smallest absolute Gasteiger partial charge is 0.188 e. The van der Waals surface area contributed by atoms with E-state index in [1.807, 2.05) is 18.2 Å². The van der Waals surface area contributed by atoms with Gasteiger partial charge in [0.15, 0.2) is 6.79 Å². The fraction of sp³-hybridized carbons (Fsp3) is 0.100. The summed E-state index contributed by atoms with van der Waals surface area (Å²) in [6.45, 7) is 0.230. The van der Waals surface area contributed by atoms with E-state index in [0.29, 0.717) is 0 Å². The summed E-state index contributed by atoms with van der Waals surface area (Å²) < 4.78 is 13.1. The van der Waals surface area contributed by atoms with Crippen molar-refractivity contribution in [3.63, 3.8) is 0 Å². The van der Waals surface area contributed by atoms with Crippen LogP contribution in [-0.2, 0) is 4.74 Å². The van der Waals surface area contributed by atoms with Crippen LogP contribution < -0.4 is 4.74 Å². The molecule has 0 fully saturated rings. The predicted molar refractivity (Wildman–Crippen MR) is 93.3 cm³/mol. The molecule has 114 valence electrons. The Morgan fingerprint density at radius 3 is 1.96 bits per heavy atom. The fourth-order valence-corrected chi connectivity index (χ4v) is 3.07. The van der Waals surface area contributed by atoms with Crippen LogP contribution in [0.4, 0.5) is 0 Å². The first kappa shape index (κ1) is 13.9. The number of hydrogen-bond acceptors (Lipinski definition) is 2. The van der Waals surface area contributed by atoms with Gasteiger partial charge in [0, 0.05) is 17.9 Å². The summed E-state index contributed by atoms with van der Waals surface area (Å²) in [4.78, 5) is 0. The quantitative estimate of drug-likeness (QED) is 0.507. The van der Waals surface area contributed by atoms with E-state index in [4.69, 9.17) is 9.47 Å². The Bertz CT molecular complexity index is 918. The molecule has 0 unspecified atom stereocenters. The zero-order chi connectivity index (χ0) is 15.6. The lowest BCUT2D eigenvalue weighted by Crippen LogP contribution is -2.03. The van der Waals surface area contributed by atoms with Gasteiger partial charge in [-0.05, 0) is 24.3 Å². The third-order valence-corrected chi connectivity index (χ3v) is 4.02. The van der Waals surface area contributed by atoms with Crippen molar-refractivity contribution in [2.75, 3.05) is 13.9 Å². The monoisotopic (exact) mass is 303 g/mol. The van der Waals surface area contributed by atoms with Crippen LogP contribution in [-0.4, -0.2) is 18.5 Å². The van der Waals surface area contributed by atoms with Crippen molar-refractivity contribution in [3.05, 3.63) is 72.8 Å². The second-order valence-electron chi connectivity index (χ2n) is 5.39. The van der Waals surface area contributed by atoms with Gasteiger partial charge in [-0.3, -0.25) is 0 Å². The Morgan fingerprint density at radius 2 is 1.30 bits per heavy atom. The van der Waals surface area contributed by atoms with Gasteiger partial charge in [0.25, 0.3) is 0 Å². The molecule has 0 aliphatic heterocycles. The van der Waals surface area contributed by atoms with Gasteiger partial charge in [-0.2, -0.15) is 0 Å². The summed E-state index contributed by atoms with van der Waals surface area (Å²) in [6.07, 6.45) is 0.